The first-order valence-corrected chi connectivity index (χ1v) is 4.39. The normalized spacial score (nSPS) is 23.3. The summed E-state index contributed by atoms with van der Waals surface area (Å²) in [4.78, 5) is 14.7. The molecule has 0 aromatic heterocycles. The largest absolute Gasteiger partial charge is 0.305 e. The van der Waals surface area contributed by atoms with Crippen LogP contribution in [0.4, 0.5) is 0 Å². The number of thioether (sulfide) groups is 1. The summed E-state index contributed by atoms with van der Waals surface area (Å²) >= 11 is 6.32. The van der Waals surface area contributed by atoms with Crippen molar-refractivity contribution < 1.29 is 4.79 Å². The Balaban J connectivity index is 2.57. The molecule has 0 fully saturated rings. The molecule has 1 N–H and O–H groups in total. The lowest BCUT2D eigenvalue weighted by molar-refractivity contribution is -0.117. The van der Waals surface area contributed by atoms with Gasteiger partial charge in [-0.3, -0.25) is 9.79 Å². The van der Waals surface area contributed by atoms with Crippen LogP contribution in [0.1, 0.15) is 13.8 Å². The monoisotopic (exact) mass is 188 g/mol. The van der Waals surface area contributed by atoms with Crippen LogP contribution in [-0.2, 0) is 4.79 Å². The van der Waals surface area contributed by atoms with Crippen LogP contribution in [0.15, 0.2) is 4.99 Å². The zero-order chi connectivity index (χ0) is 8.43. The zero-order valence-electron chi connectivity index (χ0n) is 6.25. The summed E-state index contributed by atoms with van der Waals surface area (Å²) in [6, 6.07) is 0.0526. The number of hydrogen-bond acceptors (Lipinski definition) is 4. The van der Waals surface area contributed by atoms with E-state index in [9.17, 15) is 4.79 Å². The van der Waals surface area contributed by atoms with E-state index in [-0.39, 0.29) is 11.9 Å². The molecule has 11 heavy (non-hydrogen) atoms. The van der Waals surface area contributed by atoms with Crippen molar-refractivity contribution in [1.82, 2.24) is 5.32 Å². The van der Waals surface area contributed by atoms with Gasteiger partial charge < -0.3 is 5.32 Å². The van der Waals surface area contributed by atoms with Gasteiger partial charge in [-0.2, -0.15) is 0 Å². The van der Waals surface area contributed by atoms with Crippen molar-refractivity contribution in [2.24, 2.45) is 4.99 Å². The average molecular weight is 188 g/mol. The molecule has 0 radical (unpaired) electrons. The number of carbonyl (C=O) groups is 1. The predicted molar refractivity (Wildman–Crippen MR) is 50.9 cm³/mol. The van der Waals surface area contributed by atoms with E-state index in [0.29, 0.717) is 5.17 Å². The van der Waals surface area contributed by atoms with E-state index in [4.69, 9.17) is 12.2 Å². The minimum absolute atomic E-state index is 0.0526. The first-order valence-electron chi connectivity index (χ1n) is 3.16. The molecular formula is C6H8N2OS2. The molecule has 0 aromatic carbocycles. The molecule has 1 amide bonds. The second kappa shape index (κ2) is 3.32. The maximum atomic E-state index is 10.6. The van der Waals surface area contributed by atoms with Crippen LogP contribution in [0.3, 0.4) is 0 Å². The summed E-state index contributed by atoms with van der Waals surface area (Å²) in [5, 5.41) is 3.21. The Bertz CT molecular complexity index is 237. The fraction of sp³-hybridized carbons (Fsp3) is 0.500. The number of hydrogen-bond donors (Lipinski definition) is 1. The molecule has 0 spiro atoms. The van der Waals surface area contributed by atoms with Crippen molar-refractivity contribution in [3.05, 3.63) is 0 Å². The summed E-state index contributed by atoms with van der Waals surface area (Å²) in [6.07, 6.45) is 0. The number of nitrogens with zero attached hydrogens (tertiary/aromatic N) is 1. The molecule has 3 nitrogen and oxygen atoms in total. The standard InChI is InChI=1S/C6H8N2OS2/c1-3-5(10)11-6(7-3)8-4(2)9/h3H,1-2H3,(H,7,8,9). The fourth-order valence-corrected chi connectivity index (χ4v) is 1.75. The SMILES string of the molecule is CC(=O)NC1=NC(C)C(=S)S1. The third kappa shape index (κ3) is 2.27. The Labute approximate surface area is 74.6 Å². The number of nitrogens with one attached hydrogen (secondary N) is 1. The van der Waals surface area contributed by atoms with Crippen molar-refractivity contribution in [1.29, 1.82) is 0 Å². The predicted octanol–water partition coefficient (Wildman–Crippen LogP) is 0.941. The maximum Gasteiger partial charge on any atom is 0.222 e. The molecule has 0 saturated carbocycles. The van der Waals surface area contributed by atoms with E-state index in [2.05, 4.69) is 10.3 Å². The minimum Gasteiger partial charge on any atom is -0.305 e. The van der Waals surface area contributed by atoms with Gasteiger partial charge in [-0.15, -0.1) is 0 Å². The minimum atomic E-state index is -0.104. The topological polar surface area (TPSA) is 41.5 Å². The van der Waals surface area contributed by atoms with Gasteiger partial charge >= 0.3 is 0 Å². The lowest BCUT2D eigenvalue weighted by Gasteiger charge is -1.95. The van der Waals surface area contributed by atoms with Crippen molar-refractivity contribution >= 4 is 39.3 Å². The molecule has 60 valence electrons. The average Bonchev–Trinajstić information content (AvgIpc) is 2.10. The van der Waals surface area contributed by atoms with Crippen molar-refractivity contribution in [2.45, 2.75) is 19.9 Å². The quantitative estimate of drug-likeness (QED) is 0.575. The number of rotatable bonds is 0. The third-order valence-electron chi connectivity index (χ3n) is 1.13. The number of amides is 1. The maximum absolute atomic E-state index is 10.6. The van der Waals surface area contributed by atoms with Crippen molar-refractivity contribution in [3.63, 3.8) is 0 Å². The highest BCUT2D eigenvalue weighted by Gasteiger charge is 2.20. The molecule has 1 aliphatic heterocycles. The summed E-state index contributed by atoms with van der Waals surface area (Å²) in [7, 11) is 0. The zero-order valence-corrected chi connectivity index (χ0v) is 7.88. The summed E-state index contributed by atoms with van der Waals surface area (Å²) < 4.78 is 0.814. The van der Waals surface area contributed by atoms with E-state index in [1.807, 2.05) is 6.92 Å². The van der Waals surface area contributed by atoms with E-state index in [1.54, 1.807) is 0 Å². The van der Waals surface area contributed by atoms with E-state index in [0.717, 1.165) is 4.20 Å². The van der Waals surface area contributed by atoms with E-state index >= 15 is 0 Å². The van der Waals surface area contributed by atoms with Gasteiger partial charge in [0.2, 0.25) is 5.91 Å². The summed E-state index contributed by atoms with van der Waals surface area (Å²) in [5.74, 6) is -0.104. The van der Waals surface area contributed by atoms with Crippen LogP contribution in [0, 0.1) is 0 Å². The Morgan fingerprint density at radius 3 is 2.82 bits per heavy atom. The van der Waals surface area contributed by atoms with Gasteiger partial charge in [0.25, 0.3) is 0 Å². The van der Waals surface area contributed by atoms with Crippen LogP contribution >= 0.6 is 24.0 Å². The second-order valence-electron chi connectivity index (χ2n) is 2.21. The molecule has 5 heteroatoms. The molecule has 1 atom stereocenters. The molecule has 1 aliphatic rings. The Morgan fingerprint density at radius 1 is 1.82 bits per heavy atom. The van der Waals surface area contributed by atoms with Crippen LogP contribution in [0.5, 0.6) is 0 Å². The number of carbonyl (C=O) groups excluding carboxylic acids is 1. The lowest BCUT2D eigenvalue weighted by atomic mass is 10.4. The Kier molecular flexibility index (Phi) is 2.62. The van der Waals surface area contributed by atoms with Gasteiger partial charge in [-0.05, 0) is 18.7 Å². The molecule has 1 unspecified atom stereocenters. The highest BCUT2D eigenvalue weighted by molar-refractivity contribution is 8.33. The van der Waals surface area contributed by atoms with Gasteiger partial charge in [0.15, 0.2) is 5.17 Å². The van der Waals surface area contributed by atoms with Crippen LogP contribution in [-0.4, -0.2) is 21.3 Å². The highest BCUT2D eigenvalue weighted by atomic mass is 32.2. The number of amidine groups is 1. The second-order valence-corrected chi connectivity index (χ2v) is 3.94. The fourth-order valence-electron chi connectivity index (χ4n) is 0.644. The Hall–Kier alpha value is -0.420. The van der Waals surface area contributed by atoms with Crippen molar-refractivity contribution in [3.8, 4) is 0 Å². The van der Waals surface area contributed by atoms with Gasteiger partial charge in [-0.25, -0.2) is 0 Å². The highest BCUT2D eigenvalue weighted by Crippen LogP contribution is 2.19. The lowest BCUT2D eigenvalue weighted by Crippen LogP contribution is -2.24. The first-order chi connectivity index (χ1) is 5.09. The molecule has 0 bridgehead atoms. The first kappa shape index (κ1) is 8.67. The number of aliphatic imine (C=N–C) groups is 1. The molecule has 1 heterocycles. The summed E-state index contributed by atoms with van der Waals surface area (Å²) in [5.41, 5.74) is 0. The van der Waals surface area contributed by atoms with E-state index in [1.165, 1.54) is 18.7 Å². The summed E-state index contributed by atoms with van der Waals surface area (Å²) in [6.45, 7) is 3.36. The van der Waals surface area contributed by atoms with Gasteiger partial charge in [-0.1, -0.05) is 12.2 Å². The molecule has 0 aliphatic carbocycles. The molecule has 0 aromatic rings. The van der Waals surface area contributed by atoms with Crippen molar-refractivity contribution in [2.75, 3.05) is 0 Å². The van der Waals surface area contributed by atoms with Gasteiger partial charge in [0, 0.05) is 6.92 Å². The smallest absolute Gasteiger partial charge is 0.222 e. The molecular weight excluding hydrogens is 180 g/mol. The molecule has 1 rings (SSSR count). The third-order valence-corrected chi connectivity index (χ3v) is 2.67. The van der Waals surface area contributed by atoms with Crippen LogP contribution in [0.2, 0.25) is 0 Å². The van der Waals surface area contributed by atoms with Crippen LogP contribution < -0.4 is 5.32 Å². The van der Waals surface area contributed by atoms with Gasteiger partial charge in [0.1, 0.15) is 0 Å². The molecule has 0 saturated heterocycles. The van der Waals surface area contributed by atoms with E-state index < -0.39 is 0 Å². The Morgan fingerprint density at radius 2 is 2.45 bits per heavy atom. The van der Waals surface area contributed by atoms with Gasteiger partial charge in [0.05, 0.1) is 10.2 Å². The van der Waals surface area contributed by atoms with Crippen LogP contribution in [0.25, 0.3) is 0 Å². The number of thiocarbonyl (C=S) groups is 1.